The number of esters is 1. The maximum atomic E-state index is 12.5. The Labute approximate surface area is 150 Å². The second-order valence-corrected chi connectivity index (χ2v) is 7.34. The van der Waals surface area contributed by atoms with Crippen LogP contribution in [-0.2, 0) is 19.1 Å². The van der Waals surface area contributed by atoms with Crippen molar-refractivity contribution in [1.82, 2.24) is 0 Å². The van der Waals surface area contributed by atoms with Gasteiger partial charge in [-0.25, -0.2) is 0 Å². The predicted octanol–water partition coefficient (Wildman–Crippen LogP) is 3.01. The van der Waals surface area contributed by atoms with Gasteiger partial charge in [-0.1, -0.05) is 26.8 Å². The summed E-state index contributed by atoms with van der Waals surface area (Å²) in [5.41, 5.74) is -0.993. The van der Waals surface area contributed by atoms with Gasteiger partial charge in [-0.15, -0.1) is 0 Å². The van der Waals surface area contributed by atoms with Crippen molar-refractivity contribution in [2.24, 2.45) is 17.8 Å². The van der Waals surface area contributed by atoms with Gasteiger partial charge in [-0.05, 0) is 57.3 Å². The molecule has 0 aromatic carbocycles. The Morgan fingerprint density at radius 3 is 2.40 bits per heavy atom. The number of rotatable bonds is 1. The molecule has 0 radical (unpaired) electrons. The lowest BCUT2D eigenvalue weighted by molar-refractivity contribution is -0.165. The molecule has 0 aromatic heterocycles. The van der Waals surface area contributed by atoms with Gasteiger partial charge in [0.2, 0.25) is 0 Å². The second-order valence-electron chi connectivity index (χ2n) is 7.34. The van der Waals surface area contributed by atoms with E-state index in [1.165, 1.54) is 26.0 Å². The minimum atomic E-state index is -1.48. The zero-order valence-electron chi connectivity index (χ0n) is 16.0. The Bertz CT molecular complexity index is 585. The van der Waals surface area contributed by atoms with Crippen molar-refractivity contribution in [3.8, 4) is 0 Å². The molecule has 0 unspecified atom stereocenters. The van der Waals surface area contributed by atoms with E-state index < -0.39 is 23.6 Å². The lowest BCUT2D eigenvalue weighted by atomic mass is 9.88. The lowest BCUT2D eigenvalue weighted by Gasteiger charge is -2.30. The number of ketones is 2. The van der Waals surface area contributed by atoms with Gasteiger partial charge in [0.1, 0.15) is 17.6 Å². The molecule has 1 rings (SSSR count). The van der Waals surface area contributed by atoms with Crippen LogP contribution in [0.4, 0.5) is 0 Å². The highest BCUT2D eigenvalue weighted by Crippen LogP contribution is 2.23. The lowest BCUT2D eigenvalue weighted by Crippen LogP contribution is -2.42. The number of carbonyl (C=O) groups is 3. The van der Waals surface area contributed by atoms with Crippen LogP contribution in [0.3, 0.4) is 0 Å². The number of aliphatic hydroxyl groups is 1. The molecule has 1 aliphatic heterocycles. The van der Waals surface area contributed by atoms with E-state index in [1.807, 2.05) is 13.8 Å². The van der Waals surface area contributed by atoms with Gasteiger partial charge >= 0.3 is 5.97 Å². The fourth-order valence-corrected chi connectivity index (χ4v) is 3.08. The van der Waals surface area contributed by atoms with E-state index in [0.29, 0.717) is 18.4 Å². The molecular formula is C20H30O5. The molecule has 0 aliphatic carbocycles. The number of hydrogen-bond acceptors (Lipinski definition) is 5. The molecule has 140 valence electrons. The van der Waals surface area contributed by atoms with Gasteiger partial charge in [0.25, 0.3) is 0 Å². The van der Waals surface area contributed by atoms with Crippen molar-refractivity contribution >= 4 is 17.5 Å². The molecule has 1 N–H and O–H groups in total. The van der Waals surface area contributed by atoms with Gasteiger partial charge in [-0.3, -0.25) is 14.4 Å². The van der Waals surface area contributed by atoms with Crippen LogP contribution in [0, 0.1) is 17.8 Å². The highest BCUT2D eigenvalue weighted by molar-refractivity contribution is 6.07. The first-order valence-corrected chi connectivity index (χ1v) is 8.88. The first kappa shape index (κ1) is 21.3. The molecule has 0 saturated heterocycles. The largest absolute Gasteiger partial charge is 0.458 e. The average molecular weight is 350 g/mol. The highest BCUT2D eigenvalue weighted by Gasteiger charge is 2.35. The molecule has 0 spiro atoms. The summed E-state index contributed by atoms with van der Waals surface area (Å²) in [5, 5.41) is 10.6. The Morgan fingerprint density at radius 2 is 1.84 bits per heavy atom. The molecule has 5 heteroatoms. The van der Waals surface area contributed by atoms with E-state index in [4.69, 9.17) is 4.74 Å². The molecule has 0 fully saturated rings. The molecule has 0 aromatic rings. The van der Waals surface area contributed by atoms with Crippen molar-refractivity contribution in [3.05, 3.63) is 23.8 Å². The molecule has 0 amide bonds. The topological polar surface area (TPSA) is 80.7 Å². The zero-order valence-corrected chi connectivity index (χ0v) is 16.0. The Kier molecular flexibility index (Phi) is 7.29. The molecule has 0 saturated carbocycles. The van der Waals surface area contributed by atoms with E-state index in [1.54, 1.807) is 19.9 Å². The second kappa shape index (κ2) is 8.56. The number of ether oxygens (including phenoxy) is 1. The van der Waals surface area contributed by atoms with Crippen LogP contribution in [-0.4, -0.2) is 34.3 Å². The quantitative estimate of drug-likeness (QED) is 0.581. The van der Waals surface area contributed by atoms with Crippen LogP contribution < -0.4 is 0 Å². The number of carbonyl (C=O) groups excluding carboxylic acids is 3. The van der Waals surface area contributed by atoms with Crippen molar-refractivity contribution in [2.75, 3.05) is 0 Å². The normalized spacial score (nSPS) is 39.2. The van der Waals surface area contributed by atoms with Crippen LogP contribution in [0.25, 0.3) is 0 Å². The van der Waals surface area contributed by atoms with Gasteiger partial charge in [0.15, 0.2) is 11.6 Å². The van der Waals surface area contributed by atoms with Crippen molar-refractivity contribution in [1.29, 1.82) is 0 Å². The monoisotopic (exact) mass is 350 g/mol. The van der Waals surface area contributed by atoms with Crippen molar-refractivity contribution in [2.45, 2.75) is 66.1 Å². The van der Waals surface area contributed by atoms with E-state index >= 15 is 0 Å². The Morgan fingerprint density at radius 1 is 1.24 bits per heavy atom. The van der Waals surface area contributed by atoms with E-state index in [0.717, 1.165) is 0 Å². The Balaban J connectivity index is 3.26. The fraction of sp³-hybridized carbons (Fsp3) is 0.650. The summed E-state index contributed by atoms with van der Waals surface area (Å²) in [6.45, 7) is 10.2. The average Bonchev–Trinajstić information content (AvgIpc) is 2.54. The molecular weight excluding hydrogens is 320 g/mol. The number of allylic oxidation sites excluding steroid dienone is 3. The number of cyclic esters (lactones) is 1. The van der Waals surface area contributed by atoms with Gasteiger partial charge in [0, 0.05) is 5.92 Å². The van der Waals surface area contributed by atoms with Crippen LogP contribution in [0.15, 0.2) is 23.8 Å². The third-order valence-electron chi connectivity index (χ3n) is 4.75. The Hall–Kier alpha value is -1.75. The summed E-state index contributed by atoms with van der Waals surface area (Å²) in [4.78, 5) is 37.1. The van der Waals surface area contributed by atoms with Crippen LogP contribution in [0.1, 0.15) is 54.4 Å². The van der Waals surface area contributed by atoms with Gasteiger partial charge in [0.05, 0.1) is 0 Å². The SMILES string of the molecule is CC[C@H]1OC(=O)[C@H](C)C(=O)/C(C)=C\[C@@H](C)C[C@@H](C)C(=O)/C=C\[C@]1(C)O. The van der Waals surface area contributed by atoms with E-state index in [9.17, 15) is 19.5 Å². The van der Waals surface area contributed by atoms with E-state index in [2.05, 4.69) is 0 Å². The predicted molar refractivity (Wildman–Crippen MR) is 95.8 cm³/mol. The van der Waals surface area contributed by atoms with Gasteiger partial charge in [-0.2, -0.15) is 0 Å². The van der Waals surface area contributed by atoms with Gasteiger partial charge < -0.3 is 9.84 Å². The first-order valence-electron chi connectivity index (χ1n) is 8.88. The maximum absolute atomic E-state index is 12.5. The summed E-state index contributed by atoms with van der Waals surface area (Å²) < 4.78 is 5.38. The zero-order chi connectivity index (χ0) is 19.4. The van der Waals surface area contributed by atoms with Crippen molar-refractivity contribution < 1.29 is 24.2 Å². The first-order chi connectivity index (χ1) is 11.5. The summed E-state index contributed by atoms with van der Waals surface area (Å²) >= 11 is 0. The van der Waals surface area contributed by atoms with Crippen LogP contribution >= 0.6 is 0 Å². The van der Waals surface area contributed by atoms with Crippen LogP contribution in [0.5, 0.6) is 0 Å². The molecule has 1 aliphatic rings. The fourth-order valence-electron chi connectivity index (χ4n) is 3.08. The molecule has 5 nitrogen and oxygen atoms in total. The third kappa shape index (κ3) is 5.63. The molecule has 5 atom stereocenters. The number of Topliss-reactive ketones (excluding diaryl/α,β-unsaturated/α-hetero) is 1. The summed E-state index contributed by atoms with van der Waals surface area (Å²) in [6, 6.07) is 0. The highest BCUT2D eigenvalue weighted by atomic mass is 16.6. The molecule has 1 heterocycles. The summed E-state index contributed by atoms with van der Waals surface area (Å²) in [5.74, 6) is -2.20. The molecule has 0 bridgehead atoms. The molecule has 25 heavy (non-hydrogen) atoms. The smallest absolute Gasteiger partial charge is 0.316 e. The van der Waals surface area contributed by atoms with Crippen LogP contribution in [0.2, 0.25) is 0 Å². The van der Waals surface area contributed by atoms with Crippen molar-refractivity contribution in [3.63, 3.8) is 0 Å². The minimum absolute atomic E-state index is 0.0198. The summed E-state index contributed by atoms with van der Waals surface area (Å²) in [6.07, 6.45) is 4.67. The summed E-state index contributed by atoms with van der Waals surface area (Å²) in [7, 11) is 0. The number of hydrogen-bond donors (Lipinski definition) is 1. The standard InChI is InChI=1S/C20H30O5/c1-7-17-20(6,24)9-8-16(21)13(3)10-12(2)11-14(4)18(22)15(5)19(23)25-17/h8-9,11-13,15,17,24H,7,10H2,1-6H3/b9-8-,14-11-/t12-,13+,15+,17+,20-/m0/s1. The minimum Gasteiger partial charge on any atom is -0.458 e. The maximum Gasteiger partial charge on any atom is 0.316 e. The third-order valence-corrected chi connectivity index (χ3v) is 4.75. The van der Waals surface area contributed by atoms with E-state index in [-0.39, 0.29) is 23.4 Å².